The van der Waals surface area contributed by atoms with Crippen molar-refractivity contribution in [2.75, 3.05) is 5.73 Å². The fourth-order valence-corrected chi connectivity index (χ4v) is 2.24. The molecule has 2 rings (SSSR count). The van der Waals surface area contributed by atoms with E-state index in [1.54, 1.807) is 6.92 Å². The number of nitrogens with zero attached hydrogens (tertiary/aromatic N) is 1. The van der Waals surface area contributed by atoms with Gasteiger partial charge < -0.3 is 5.73 Å². The molecule has 2 nitrogen and oxygen atoms in total. The minimum atomic E-state index is -4.51. The SMILES string of the molecule is Cc1sc(-c2cc(C(F)(F)F)ccc2F)nc1N. The first-order valence-electron chi connectivity index (χ1n) is 4.89. The molecule has 2 aromatic rings. The summed E-state index contributed by atoms with van der Waals surface area (Å²) in [6, 6.07) is 2.22. The van der Waals surface area contributed by atoms with Gasteiger partial charge >= 0.3 is 6.18 Å². The largest absolute Gasteiger partial charge is 0.416 e. The van der Waals surface area contributed by atoms with Gasteiger partial charge in [-0.15, -0.1) is 11.3 Å². The normalized spacial score (nSPS) is 11.8. The van der Waals surface area contributed by atoms with Crippen molar-refractivity contribution in [2.45, 2.75) is 13.1 Å². The van der Waals surface area contributed by atoms with E-state index in [2.05, 4.69) is 4.98 Å². The molecule has 7 heteroatoms. The molecule has 1 aromatic carbocycles. The molecule has 0 unspecified atom stereocenters. The van der Waals surface area contributed by atoms with E-state index in [9.17, 15) is 17.6 Å². The van der Waals surface area contributed by atoms with Crippen molar-refractivity contribution in [1.29, 1.82) is 0 Å². The maximum Gasteiger partial charge on any atom is 0.416 e. The van der Waals surface area contributed by atoms with Crippen LogP contribution in [-0.4, -0.2) is 4.98 Å². The first-order chi connectivity index (χ1) is 8.29. The third kappa shape index (κ3) is 2.31. The van der Waals surface area contributed by atoms with Crippen LogP contribution in [-0.2, 0) is 6.18 Å². The molecule has 0 atom stereocenters. The van der Waals surface area contributed by atoms with E-state index in [4.69, 9.17) is 5.73 Å². The highest BCUT2D eigenvalue weighted by Gasteiger charge is 2.31. The minimum absolute atomic E-state index is 0.147. The summed E-state index contributed by atoms with van der Waals surface area (Å²) in [5.41, 5.74) is 4.41. The number of hydrogen-bond acceptors (Lipinski definition) is 3. The maximum atomic E-state index is 13.5. The van der Waals surface area contributed by atoms with E-state index in [0.717, 1.165) is 23.5 Å². The smallest absolute Gasteiger partial charge is 0.383 e. The molecule has 0 saturated carbocycles. The summed E-state index contributed by atoms with van der Waals surface area (Å²) in [5, 5.41) is 0.147. The number of nitrogen functional groups attached to an aromatic ring is 1. The number of anilines is 1. The summed E-state index contributed by atoms with van der Waals surface area (Å²) in [7, 11) is 0. The van der Waals surface area contributed by atoms with Gasteiger partial charge in [-0.2, -0.15) is 13.2 Å². The molecular formula is C11H8F4N2S. The number of aryl methyl sites for hydroxylation is 1. The Balaban J connectivity index is 2.56. The number of halogens is 4. The van der Waals surface area contributed by atoms with Crippen LogP contribution in [0.25, 0.3) is 10.6 Å². The second kappa shape index (κ2) is 4.24. The van der Waals surface area contributed by atoms with Gasteiger partial charge in [-0.1, -0.05) is 0 Å². The number of benzene rings is 1. The summed E-state index contributed by atoms with van der Waals surface area (Å²) >= 11 is 1.06. The lowest BCUT2D eigenvalue weighted by Gasteiger charge is -2.08. The minimum Gasteiger partial charge on any atom is -0.383 e. The van der Waals surface area contributed by atoms with E-state index >= 15 is 0 Å². The Kier molecular flexibility index (Phi) is 3.02. The second-order valence-electron chi connectivity index (χ2n) is 3.65. The summed E-state index contributed by atoms with van der Waals surface area (Å²) in [6.07, 6.45) is -4.51. The van der Waals surface area contributed by atoms with Gasteiger partial charge in [0.15, 0.2) is 0 Å². The van der Waals surface area contributed by atoms with Crippen molar-refractivity contribution >= 4 is 17.2 Å². The number of rotatable bonds is 1. The number of alkyl halides is 3. The Morgan fingerprint density at radius 1 is 1.28 bits per heavy atom. The Bertz CT molecular complexity index is 570. The van der Waals surface area contributed by atoms with Gasteiger partial charge in [0.2, 0.25) is 0 Å². The Labute approximate surface area is 104 Å². The van der Waals surface area contributed by atoms with Crippen LogP contribution in [0.2, 0.25) is 0 Å². The lowest BCUT2D eigenvalue weighted by atomic mass is 10.1. The quantitative estimate of drug-likeness (QED) is 0.803. The number of nitrogens with two attached hydrogens (primary N) is 1. The fourth-order valence-electron chi connectivity index (χ4n) is 1.39. The Morgan fingerprint density at radius 3 is 2.44 bits per heavy atom. The molecule has 96 valence electrons. The number of hydrogen-bond donors (Lipinski definition) is 1. The molecule has 0 saturated heterocycles. The molecule has 18 heavy (non-hydrogen) atoms. The molecule has 0 bridgehead atoms. The first-order valence-corrected chi connectivity index (χ1v) is 5.70. The van der Waals surface area contributed by atoms with Gasteiger partial charge in [0.25, 0.3) is 0 Å². The highest BCUT2D eigenvalue weighted by Crippen LogP contribution is 2.35. The topological polar surface area (TPSA) is 38.9 Å². The van der Waals surface area contributed by atoms with Crippen molar-refractivity contribution in [3.05, 3.63) is 34.5 Å². The van der Waals surface area contributed by atoms with Crippen molar-refractivity contribution < 1.29 is 17.6 Å². The zero-order valence-corrected chi connectivity index (χ0v) is 9.99. The van der Waals surface area contributed by atoms with Crippen LogP contribution in [0.3, 0.4) is 0 Å². The Hall–Kier alpha value is -1.63. The van der Waals surface area contributed by atoms with Crippen LogP contribution in [0.5, 0.6) is 0 Å². The summed E-state index contributed by atoms with van der Waals surface area (Å²) in [5.74, 6) is -0.552. The molecule has 0 amide bonds. The molecule has 0 spiro atoms. The molecule has 0 aliphatic heterocycles. The summed E-state index contributed by atoms with van der Waals surface area (Å²) < 4.78 is 51.1. The zero-order valence-electron chi connectivity index (χ0n) is 9.18. The average Bonchev–Trinajstić information content (AvgIpc) is 2.58. The van der Waals surface area contributed by atoms with Crippen LogP contribution < -0.4 is 5.73 Å². The molecule has 1 aromatic heterocycles. The highest BCUT2D eigenvalue weighted by molar-refractivity contribution is 7.15. The Morgan fingerprint density at radius 2 is 1.94 bits per heavy atom. The number of thiazole rings is 1. The predicted molar refractivity (Wildman–Crippen MR) is 61.7 cm³/mol. The van der Waals surface area contributed by atoms with Crippen molar-refractivity contribution in [1.82, 2.24) is 4.98 Å². The van der Waals surface area contributed by atoms with E-state index < -0.39 is 17.6 Å². The molecule has 0 aliphatic rings. The van der Waals surface area contributed by atoms with E-state index in [1.165, 1.54) is 0 Å². The third-order valence-electron chi connectivity index (χ3n) is 2.36. The predicted octanol–water partition coefficient (Wildman–Crippen LogP) is 3.86. The van der Waals surface area contributed by atoms with Crippen LogP contribution in [0.1, 0.15) is 10.4 Å². The molecule has 0 radical (unpaired) electrons. The second-order valence-corrected chi connectivity index (χ2v) is 4.86. The van der Waals surface area contributed by atoms with Gasteiger partial charge in [-0.05, 0) is 25.1 Å². The summed E-state index contributed by atoms with van der Waals surface area (Å²) in [4.78, 5) is 4.49. The monoisotopic (exact) mass is 276 g/mol. The van der Waals surface area contributed by atoms with E-state index in [-0.39, 0.29) is 16.4 Å². The highest BCUT2D eigenvalue weighted by atomic mass is 32.1. The van der Waals surface area contributed by atoms with Crippen molar-refractivity contribution in [2.24, 2.45) is 0 Å². The van der Waals surface area contributed by atoms with Crippen molar-refractivity contribution in [3.8, 4) is 10.6 Å². The molecule has 1 heterocycles. The van der Waals surface area contributed by atoms with E-state index in [1.807, 2.05) is 0 Å². The van der Waals surface area contributed by atoms with E-state index in [0.29, 0.717) is 10.9 Å². The van der Waals surface area contributed by atoms with Gasteiger partial charge in [-0.3, -0.25) is 0 Å². The lowest BCUT2D eigenvalue weighted by molar-refractivity contribution is -0.137. The fraction of sp³-hybridized carbons (Fsp3) is 0.182. The van der Waals surface area contributed by atoms with Gasteiger partial charge in [-0.25, -0.2) is 9.37 Å². The van der Waals surface area contributed by atoms with Crippen LogP contribution in [0.4, 0.5) is 23.4 Å². The van der Waals surface area contributed by atoms with Gasteiger partial charge in [0.05, 0.1) is 5.56 Å². The molecular weight excluding hydrogens is 268 g/mol. The average molecular weight is 276 g/mol. The van der Waals surface area contributed by atoms with Crippen LogP contribution in [0.15, 0.2) is 18.2 Å². The number of aromatic nitrogens is 1. The lowest BCUT2D eigenvalue weighted by Crippen LogP contribution is -2.05. The van der Waals surface area contributed by atoms with Crippen molar-refractivity contribution in [3.63, 3.8) is 0 Å². The molecule has 0 fully saturated rings. The molecule has 0 aliphatic carbocycles. The molecule has 2 N–H and O–H groups in total. The van der Waals surface area contributed by atoms with Gasteiger partial charge in [0.1, 0.15) is 16.6 Å². The standard InChI is InChI=1S/C11H8F4N2S/c1-5-9(16)17-10(18-5)7-4-6(11(13,14)15)2-3-8(7)12/h2-4H,16H2,1H3. The van der Waals surface area contributed by atoms with Gasteiger partial charge in [0, 0.05) is 10.4 Å². The summed E-state index contributed by atoms with van der Waals surface area (Å²) in [6.45, 7) is 1.67. The zero-order chi connectivity index (χ0) is 13.5. The van der Waals surface area contributed by atoms with Crippen LogP contribution >= 0.6 is 11.3 Å². The van der Waals surface area contributed by atoms with Crippen LogP contribution in [0, 0.1) is 12.7 Å². The first kappa shape index (κ1) is 12.8. The maximum absolute atomic E-state index is 13.5. The third-order valence-corrected chi connectivity index (χ3v) is 3.38.